The van der Waals surface area contributed by atoms with Crippen molar-refractivity contribution < 1.29 is 4.79 Å². The number of carbonyl (C=O) groups excluding carboxylic acids is 1. The van der Waals surface area contributed by atoms with E-state index >= 15 is 0 Å². The molecule has 0 saturated heterocycles. The van der Waals surface area contributed by atoms with Crippen molar-refractivity contribution >= 4 is 44.8 Å². The van der Waals surface area contributed by atoms with E-state index < -0.39 is 0 Å². The topological polar surface area (TPSA) is 29.1 Å². The van der Waals surface area contributed by atoms with Crippen LogP contribution in [0.3, 0.4) is 0 Å². The van der Waals surface area contributed by atoms with Gasteiger partial charge in [0, 0.05) is 20.9 Å². The van der Waals surface area contributed by atoms with E-state index in [0.717, 1.165) is 10.9 Å². The minimum absolute atomic E-state index is 0.110. The van der Waals surface area contributed by atoms with E-state index in [9.17, 15) is 4.79 Å². The molecule has 0 atom stereocenters. The molecule has 2 aromatic rings. The number of hydrogen-bond donors (Lipinski definition) is 1. The maximum absolute atomic E-state index is 11.9. The Morgan fingerprint density at radius 3 is 2.94 bits per heavy atom. The smallest absolute Gasteiger partial charge is 0.252 e. The van der Waals surface area contributed by atoms with E-state index in [0.29, 0.717) is 17.1 Å². The summed E-state index contributed by atoms with van der Waals surface area (Å²) in [7, 11) is 0. The molecule has 5 heteroatoms. The fraction of sp³-hybridized carbons (Fsp3) is 0.154. The van der Waals surface area contributed by atoms with Crippen LogP contribution in [0, 0.1) is 0 Å². The third-order valence-electron chi connectivity index (χ3n) is 2.41. The molecule has 1 N–H and O–H groups in total. The average Bonchev–Trinajstić information content (AvgIpc) is 2.85. The molecule has 0 bridgehead atoms. The Morgan fingerprint density at radius 2 is 2.22 bits per heavy atom. The summed E-state index contributed by atoms with van der Waals surface area (Å²) in [6, 6.07) is 9.25. The van der Waals surface area contributed by atoms with Crippen molar-refractivity contribution in [2.24, 2.45) is 0 Å². The molecule has 1 heterocycles. The first-order chi connectivity index (χ1) is 8.66. The minimum atomic E-state index is -0.110. The summed E-state index contributed by atoms with van der Waals surface area (Å²) < 4.78 is 0.750. The molecule has 0 fully saturated rings. The molecular formula is C13H11BrClNOS. The highest BCUT2D eigenvalue weighted by Crippen LogP contribution is 2.21. The Morgan fingerprint density at radius 1 is 1.39 bits per heavy atom. The SMILES string of the molecule is O=C(NCCc1cccs1)c1cc(Cl)ccc1Br. The van der Waals surface area contributed by atoms with E-state index in [1.165, 1.54) is 4.88 Å². The molecule has 0 aliphatic rings. The number of halogens is 2. The highest BCUT2D eigenvalue weighted by Gasteiger charge is 2.10. The van der Waals surface area contributed by atoms with E-state index in [2.05, 4.69) is 27.3 Å². The molecule has 0 saturated carbocycles. The predicted octanol–water partition coefficient (Wildman–Crippen LogP) is 4.14. The van der Waals surface area contributed by atoms with E-state index in [1.807, 2.05) is 11.4 Å². The first kappa shape index (κ1) is 13.6. The molecular weight excluding hydrogens is 334 g/mol. The second-order valence-electron chi connectivity index (χ2n) is 3.71. The molecule has 0 spiro atoms. The van der Waals surface area contributed by atoms with Crippen molar-refractivity contribution in [3.8, 4) is 0 Å². The van der Waals surface area contributed by atoms with Crippen molar-refractivity contribution in [2.45, 2.75) is 6.42 Å². The number of nitrogens with one attached hydrogen (secondary N) is 1. The molecule has 1 amide bonds. The third-order valence-corrected chi connectivity index (χ3v) is 4.27. The van der Waals surface area contributed by atoms with Crippen LogP contribution < -0.4 is 5.32 Å². The van der Waals surface area contributed by atoms with Crippen LogP contribution in [-0.2, 0) is 6.42 Å². The molecule has 94 valence electrons. The summed E-state index contributed by atoms with van der Waals surface area (Å²) >= 11 is 10.9. The monoisotopic (exact) mass is 343 g/mol. The highest BCUT2D eigenvalue weighted by molar-refractivity contribution is 9.10. The van der Waals surface area contributed by atoms with Gasteiger partial charge in [-0.2, -0.15) is 0 Å². The molecule has 1 aromatic heterocycles. The molecule has 0 radical (unpaired) electrons. The fourth-order valence-electron chi connectivity index (χ4n) is 1.52. The van der Waals surface area contributed by atoms with Gasteiger partial charge < -0.3 is 5.32 Å². The summed E-state index contributed by atoms with van der Waals surface area (Å²) in [4.78, 5) is 13.2. The van der Waals surface area contributed by atoms with Gasteiger partial charge in [0.05, 0.1) is 5.56 Å². The third kappa shape index (κ3) is 3.57. The lowest BCUT2D eigenvalue weighted by atomic mass is 10.2. The van der Waals surface area contributed by atoms with Crippen LogP contribution in [0.15, 0.2) is 40.2 Å². The molecule has 0 unspecified atom stereocenters. The average molecular weight is 345 g/mol. The first-order valence-corrected chi connectivity index (χ1v) is 7.47. The zero-order valence-corrected chi connectivity index (χ0v) is 12.6. The molecule has 18 heavy (non-hydrogen) atoms. The molecule has 0 aliphatic heterocycles. The second kappa shape index (κ2) is 6.36. The summed E-state index contributed by atoms with van der Waals surface area (Å²) in [6.45, 7) is 0.623. The van der Waals surface area contributed by atoms with Crippen molar-refractivity contribution in [3.63, 3.8) is 0 Å². The number of hydrogen-bond acceptors (Lipinski definition) is 2. The number of rotatable bonds is 4. The Kier molecular flexibility index (Phi) is 4.80. The van der Waals surface area contributed by atoms with Gasteiger partial charge in [0.25, 0.3) is 5.91 Å². The standard InChI is InChI=1S/C13H11BrClNOS/c14-12-4-3-9(15)8-11(12)13(17)16-6-5-10-2-1-7-18-10/h1-4,7-8H,5-6H2,(H,16,17). The summed E-state index contributed by atoms with van der Waals surface area (Å²) in [6.07, 6.45) is 0.849. The van der Waals surface area contributed by atoms with Gasteiger partial charge in [-0.3, -0.25) is 4.79 Å². The van der Waals surface area contributed by atoms with Crippen LogP contribution in [0.5, 0.6) is 0 Å². The molecule has 2 nitrogen and oxygen atoms in total. The Labute approximate surface area is 123 Å². The van der Waals surface area contributed by atoms with Crippen molar-refractivity contribution in [1.82, 2.24) is 5.32 Å². The Hall–Kier alpha value is -0.840. The summed E-state index contributed by atoms with van der Waals surface area (Å²) in [5.74, 6) is -0.110. The van der Waals surface area contributed by atoms with Crippen LogP contribution in [0.4, 0.5) is 0 Å². The van der Waals surface area contributed by atoms with Gasteiger partial charge in [-0.25, -0.2) is 0 Å². The first-order valence-electron chi connectivity index (χ1n) is 5.42. The van der Waals surface area contributed by atoms with Crippen molar-refractivity contribution in [1.29, 1.82) is 0 Å². The van der Waals surface area contributed by atoms with Crippen LogP contribution >= 0.6 is 38.9 Å². The van der Waals surface area contributed by atoms with Gasteiger partial charge >= 0.3 is 0 Å². The van der Waals surface area contributed by atoms with Gasteiger partial charge in [0.15, 0.2) is 0 Å². The van der Waals surface area contributed by atoms with E-state index in [-0.39, 0.29) is 5.91 Å². The van der Waals surface area contributed by atoms with Crippen LogP contribution in [-0.4, -0.2) is 12.5 Å². The largest absolute Gasteiger partial charge is 0.352 e. The highest BCUT2D eigenvalue weighted by atomic mass is 79.9. The molecule has 1 aromatic carbocycles. The maximum atomic E-state index is 11.9. The molecule has 2 rings (SSSR count). The van der Waals surface area contributed by atoms with Crippen LogP contribution in [0.25, 0.3) is 0 Å². The summed E-state index contributed by atoms with van der Waals surface area (Å²) in [5, 5.41) is 5.47. The Bertz CT molecular complexity index is 542. The zero-order chi connectivity index (χ0) is 13.0. The number of thiophene rings is 1. The number of carbonyl (C=O) groups is 1. The van der Waals surface area contributed by atoms with Gasteiger partial charge in [0.2, 0.25) is 0 Å². The summed E-state index contributed by atoms with van der Waals surface area (Å²) in [5.41, 5.74) is 0.564. The van der Waals surface area contributed by atoms with Crippen molar-refractivity contribution in [2.75, 3.05) is 6.54 Å². The van der Waals surface area contributed by atoms with Gasteiger partial charge in [-0.15, -0.1) is 11.3 Å². The zero-order valence-electron chi connectivity index (χ0n) is 9.45. The lowest BCUT2D eigenvalue weighted by Gasteiger charge is -2.06. The lowest BCUT2D eigenvalue weighted by Crippen LogP contribution is -2.25. The number of amides is 1. The van der Waals surface area contributed by atoms with Crippen LogP contribution in [0.2, 0.25) is 5.02 Å². The van der Waals surface area contributed by atoms with Gasteiger partial charge in [-0.1, -0.05) is 17.7 Å². The quantitative estimate of drug-likeness (QED) is 0.887. The minimum Gasteiger partial charge on any atom is -0.352 e. The maximum Gasteiger partial charge on any atom is 0.252 e. The van der Waals surface area contributed by atoms with Crippen LogP contribution in [0.1, 0.15) is 15.2 Å². The second-order valence-corrected chi connectivity index (χ2v) is 6.03. The fourth-order valence-corrected chi connectivity index (χ4v) is 2.83. The van der Waals surface area contributed by atoms with E-state index in [1.54, 1.807) is 29.5 Å². The van der Waals surface area contributed by atoms with Crippen molar-refractivity contribution in [3.05, 3.63) is 55.6 Å². The lowest BCUT2D eigenvalue weighted by molar-refractivity contribution is 0.0953. The normalized spacial score (nSPS) is 10.3. The van der Waals surface area contributed by atoms with Gasteiger partial charge in [-0.05, 0) is 52.0 Å². The number of benzene rings is 1. The van der Waals surface area contributed by atoms with Gasteiger partial charge in [0.1, 0.15) is 0 Å². The predicted molar refractivity (Wildman–Crippen MR) is 79.5 cm³/mol. The molecule has 0 aliphatic carbocycles. The Balaban J connectivity index is 1.93. The van der Waals surface area contributed by atoms with E-state index in [4.69, 9.17) is 11.6 Å².